The SMILES string of the molecule is CCOP1(=O)CCC([Se]c2ccccc2)=C(c2cc(F)ccc2C#N)O1. The van der Waals surface area contributed by atoms with Crippen molar-refractivity contribution in [3.63, 3.8) is 0 Å². The average Bonchev–Trinajstić information content (AvgIpc) is 2.64. The van der Waals surface area contributed by atoms with Crippen LogP contribution in [0, 0.1) is 17.1 Å². The molecule has 26 heavy (non-hydrogen) atoms. The Kier molecular flexibility index (Phi) is 5.96. The first-order valence-corrected chi connectivity index (χ1v) is 11.6. The van der Waals surface area contributed by atoms with Crippen molar-refractivity contribution in [3.05, 3.63) is 69.9 Å². The summed E-state index contributed by atoms with van der Waals surface area (Å²) in [5, 5.41) is 9.40. The molecule has 2 aromatic rings. The third-order valence-electron chi connectivity index (χ3n) is 3.75. The van der Waals surface area contributed by atoms with E-state index in [0.29, 0.717) is 17.7 Å². The van der Waals surface area contributed by atoms with Crippen LogP contribution in [0.4, 0.5) is 4.39 Å². The summed E-state index contributed by atoms with van der Waals surface area (Å²) >= 11 is -0.0902. The monoisotopic (exact) mass is 437 g/mol. The molecule has 0 amide bonds. The van der Waals surface area contributed by atoms with Gasteiger partial charge in [0.1, 0.15) is 0 Å². The molecule has 1 unspecified atom stereocenters. The molecular weight excluding hydrogens is 419 g/mol. The van der Waals surface area contributed by atoms with Crippen molar-refractivity contribution in [1.29, 1.82) is 5.26 Å². The van der Waals surface area contributed by atoms with Crippen molar-refractivity contribution in [2.75, 3.05) is 12.8 Å². The summed E-state index contributed by atoms with van der Waals surface area (Å²) in [4.78, 5) is 0. The fourth-order valence-corrected chi connectivity index (χ4v) is 6.89. The Labute approximate surface area is 158 Å². The van der Waals surface area contributed by atoms with E-state index in [4.69, 9.17) is 9.05 Å². The maximum absolute atomic E-state index is 13.9. The standard InChI is InChI=1S/C19H17FNO3PSe/c1-2-23-25(22)11-10-18(26-16-6-4-3-5-7-16)19(24-25)17-12-15(20)9-8-14(17)13-21/h3-9,12H,2,10-11H2,1H3. The van der Waals surface area contributed by atoms with Crippen molar-refractivity contribution < 1.29 is 18.0 Å². The number of nitriles is 1. The second kappa shape index (κ2) is 8.20. The number of allylic oxidation sites excluding steroid dienone is 1. The fraction of sp³-hybridized carbons (Fsp3) is 0.211. The maximum atomic E-state index is 13.9. The molecule has 0 radical (unpaired) electrons. The van der Waals surface area contributed by atoms with Crippen molar-refractivity contribution in [1.82, 2.24) is 0 Å². The van der Waals surface area contributed by atoms with Gasteiger partial charge in [0.15, 0.2) is 0 Å². The number of hydrogen-bond acceptors (Lipinski definition) is 4. The zero-order valence-electron chi connectivity index (χ0n) is 14.1. The van der Waals surface area contributed by atoms with E-state index in [1.807, 2.05) is 30.3 Å². The fourth-order valence-electron chi connectivity index (χ4n) is 2.60. The summed E-state index contributed by atoms with van der Waals surface area (Å²) in [6.45, 7) is 2.01. The van der Waals surface area contributed by atoms with Crippen LogP contribution in [-0.4, -0.2) is 27.7 Å². The minimum absolute atomic E-state index is 0.0902. The third kappa shape index (κ3) is 4.26. The van der Waals surface area contributed by atoms with Crippen molar-refractivity contribution in [3.8, 4) is 6.07 Å². The van der Waals surface area contributed by atoms with Crippen LogP contribution in [0.2, 0.25) is 0 Å². The van der Waals surface area contributed by atoms with Gasteiger partial charge in [0, 0.05) is 0 Å². The van der Waals surface area contributed by atoms with Crippen molar-refractivity contribution in [2.24, 2.45) is 0 Å². The molecule has 7 heteroatoms. The Bertz CT molecular complexity index is 924. The van der Waals surface area contributed by atoms with E-state index >= 15 is 0 Å². The van der Waals surface area contributed by atoms with E-state index in [1.54, 1.807) is 6.92 Å². The second-order valence-electron chi connectivity index (χ2n) is 5.56. The molecule has 0 spiro atoms. The molecule has 0 aromatic heterocycles. The molecule has 0 saturated carbocycles. The van der Waals surface area contributed by atoms with E-state index in [0.717, 1.165) is 8.93 Å². The van der Waals surface area contributed by atoms with Crippen molar-refractivity contribution >= 4 is 32.8 Å². The van der Waals surface area contributed by atoms with Crippen LogP contribution in [0.1, 0.15) is 24.5 Å². The van der Waals surface area contributed by atoms with Gasteiger partial charge in [-0.25, -0.2) is 0 Å². The van der Waals surface area contributed by atoms with Gasteiger partial charge in [0.05, 0.1) is 0 Å². The summed E-state index contributed by atoms with van der Waals surface area (Å²) in [5.41, 5.74) is 0.618. The molecule has 0 fully saturated rings. The normalized spacial score (nSPS) is 19.7. The molecule has 2 aromatic carbocycles. The summed E-state index contributed by atoms with van der Waals surface area (Å²) in [7, 11) is -3.30. The molecule has 0 N–H and O–H groups in total. The average molecular weight is 436 g/mol. The van der Waals surface area contributed by atoms with E-state index in [9.17, 15) is 14.2 Å². The minimum atomic E-state index is -3.30. The zero-order valence-corrected chi connectivity index (χ0v) is 16.8. The van der Waals surface area contributed by atoms with Gasteiger partial charge in [-0.15, -0.1) is 0 Å². The zero-order chi connectivity index (χ0) is 18.6. The summed E-state index contributed by atoms with van der Waals surface area (Å²) in [6, 6.07) is 15.8. The summed E-state index contributed by atoms with van der Waals surface area (Å²) in [5.74, 6) is -0.147. The molecule has 134 valence electrons. The Hall–Kier alpha value is -1.89. The van der Waals surface area contributed by atoms with Crippen LogP contribution in [0.3, 0.4) is 0 Å². The molecule has 1 aliphatic heterocycles. The molecule has 3 rings (SSSR count). The first-order valence-electron chi connectivity index (χ1n) is 8.14. The predicted octanol–water partition coefficient (Wildman–Crippen LogP) is 4.05. The van der Waals surface area contributed by atoms with Gasteiger partial charge >= 0.3 is 158 Å². The van der Waals surface area contributed by atoms with Gasteiger partial charge in [-0.05, 0) is 0 Å². The molecular formula is C19H17FNO3PSe. The molecule has 1 aliphatic rings. The molecule has 1 heterocycles. The van der Waals surface area contributed by atoms with Gasteiger partial charge in [0.2, 0.25) is 0 Å². The van der Waals surface area contributed by atoms with Crippen LogP contribution in [0.5, 0.6) is 0 Å². The van der Waals surface area contributed by atoms with E-state index in [-0.39, 0.29) is 33.3 Å². The quantitative estimate of drug-likeness (QED) is 0.525. The van der Waals surface area contributed by atoms with Gasteiger partial charge in [-0.3, -0.25) is 0 Å². The Morgan fingerprint density at radius 2 is 2.08 bits per heavy atom. The van der Waals surface area contributed by atoms with E-state index in [1.165, 1.54) is 18.2 Å². The van der Waals surface area contributed by atoms with Crippen LogP contribution in [0.25, 0.3) is 5.76 Å². The molecule has 1 atom stereocenters. The summed E-state index contributed by atoms with van der Waals surface area (Å²) < 4.78 is 39.9. The predicted molar refractivity (Wildman–Crippen MR) is 99.7 cm³/mol. The molecule has 4 nitrogen and oxygen atoms in total. The third-order valence-corrected chi connectivity index (χ3v) is 8.04. The van der Waals surface area contributed by atoms with Gasteiger partial charge in [-0.1, -0.05) is 0 Å². The van der Waals surface area contributed by atoms with Gasteiger partial charge in [-0.2, -0.15) is 0 Å². The molecule has 0 saturated heterocycles. The Balaban J connectivity index is 2.10. The van der Waals surface area contributed by atoms with Gasteiger partial charge < -0.3 is 0 Å². The first-order chi connectivity index (χ1) is 12.5. The molecule has 0 bridgehead atoms. The van der Waals surface area contributed by atoms with Crippen LogP contribution >= 0.6 is 7.60 Å². The number of halogens is 1. The number of benzene rings is 2. The Morgan fingerprint density at radius 3 is 2.77 bits per heavy atom. The number of rotatable bonds is 5. The van der Waals surface area contributed by atoms with E-state index < -0.39 is 13.4 Å². The van der Waals surface area contributed by atoms with Gasteiger partial charge in [0.25, 0.3) is 0 Å². The topological polar surface area (TPSA) is 59.3 Å². The summed E-state index contributed by atoms with van der Waals surface area (Å²) in [6.07, 6.45) is 0.814. The van der Waals surface area contributed by atoms with Crippen LogP contribution < -0.4 is 4.46 Å². The van der Waals surface area contributed by atoms with Crippen molar-refractivity contribution in [2.45, 2.75) is 13.3 Å². The number of nitrogens with zero attached hydrogens (tertiary/aromatic N) is 1. The van der Waals surface area contributed by atoms with Crippen LogP contribution in [-0.2, 0) is 13.6 Å². The van der Waals surface area contributed by atoms with E-state index in [2.05, 4.69) is 6.07 Å². The number of hydrogen-bond donors (Lipinski definition) is 0. The molecule has 0 aliphatic carbocycles. The Morgan fingerprint density at radius 1 is 1.31 bits per heavy atom. The first kappa shape index (κ1) is 18.9. The second-order valence-corrected chi connectivity index (χ2v) is 10.1. The van der Waals surface area contributed by atoms with Crippen LogP contribution in [0.15, 0.2) is 53.0 Å².